The second kappa shape index (κ2) is 4.30. The average molecular weight is 234 g/mol. The highest BCUT2D eigenvalue weighted by Crippen LogP contribution is 2.40. The van der Waals surface area contributed by atoms with Crippen LogP contribution in [0.25, 0.3) is 0 Å². The van der Waals surface area contributed by atoms with Crippen molar-refractivity contribution in [3.05, 3.63) is 29.8 Å². The molecule has 1 heterocycles. The Balaban J connectivity index is 1.70. The lowest BCUT2D eigenvalue weighted by Crippen LogP contribution is -2.21. The van der Waals surface area contributed by atoms with E-state index < -0.39 is 6.17 Å². The fraction of sp³-hybridized carbons (Fsp3) is 0.571. The van der Waals surface area contributed by atoms with Gasteiger partial charge in [0.2, 0.25) is 0 Å². The minimum absolute atomic E-state index is 0.549. The van der Waals surface area contributed by atoms with Gasteiger partial charge in [-0.1, -0.05) is 12.1 Å². The van der Waals surface area contributed by atoms with Gasteiger partial charge in [-0.05, 0) is 42.4 Å². The summed E-state index contributed by atoms with van der Waals surface area (Å²) in [6, 6.07) is 8.44. The largest absolute Gasteiger partial charge is 0.371 e. The van der Waals surface area contributed by atoms with Crippen molar-refractivity contribution in [3.8, 4) is 0 Å². The number of nitrogens with zero attached hydrogens (tertiary/aromatic N) is 1. The average Bonchev–Trinajstić information content (AvgIpc) is 2.86. The SMILES string of the molecule is NCc1ccc(N2CC3CC(F)CC3C2)cc1. The molecule has 1 aromatic rings. The molecule has 2 unspecified atom stereocenters. The summed E-state index contributed by atoms with van der Waals surface area (Å²) in [7, 11) is 0. The van der Waals surface area contributed by atoms with Crippen LogP contribution in [0.5, 0.6) is 0 Å². The quantitative estimate of drug-likeness (QED) is 0.851. The van der Waals surface area contributed by atoms with Crippen LogP contribution in [0.4, 0.5) is 10.1 Å². The van der Waals surface area contributed by atoms with Crippen LogP contribution in [0, 0.1) is 11.8 Å². The van der Waals surface area contributed by atoms with Crippen LogP contribution >= 0.6 is 0 Å². The smallest absolute Gasteiger partial charge is 0.101 e. The number of hydrogen-bond acceptors (Lipinski definition) is 2. The lowest BCUT2D eigenvalue weighted by molar-refractivity contribution is 0.326. The van der Waals surface area contributed by atoms with E-state index >= 15 is 0 Å². The number of halogens is 1. The van der Waals surface area contributed by atoms with Crippen LogP contribution in [0.3, 0.4) is 0 Å². The molecule has 0 radical (unpaired) electrons. The molecule has 2 fully saturated rings. The molecule has 17 heavy (non-hydrogen) atoms. The Morgan fingerprint density at radius 3 is 2.24 bits per heavy atom. The maximum Gasteiger partial charge on any atom is 0.101 e. The number of alkyl halides is 1. The van der Waals surface area contributed by atoms with Crippen molar-refractivity contribution in [1.82, 2.24) is 0 Å². The first kappa shape index (κ1) is 11.0. The molecule has 2 nitrogen and oxygen atoms in total. The highest BCUT2D eigenvalue weighted by Gasteiger charge is 2.40. The lowest BCUT2D eigenvalue weighted by atomic mass is 10.0. The van der Waals surface area contributed by atoms with Gasteiger partial charge in [-0.3, -0.25) is 0 Å². The second-order valence-electron chi connectivity index (χ2n) is 5.36. The van der Waals surface area contributed by atoms with E-state index in [1.165, 1.54) is 5.69 Å². The summed E-state index contributed by atoms with van der Waals surface area (Å²) in [6.07, 6.45) is 0.983. The van der Waals surface area contributed by atoms with Gasteiger partial charge in [-0.2, -0.15) is 0 Å². The fourth-order valence-corrected chi connectivity index (χ4v) is 3.28. The maximum atomic E-state index is 13.2. The van der Waals surface area contributed by atoms with Crippen LogP contribution < -0.4 is 10.6 Å². The summed E-state index contributed by atoms with van der Waals surface area (Å²) in [5, 5.41) is 0. The first-order chi connectivity index (χ1) is 8.26. The Morgan fingerprint density at radius 1 is 1.12 bits per heavy atom. The van der Waals surface area contributed by atoms with Crippen LogP contribution in [-0.4, -0.2) is 19.3 Å². The molecule has 0 aromatic heterocycles. The molecule has 92 valence electrons. The molecule has 3 rings (SSSR count). The minimum atomic E-state index is -0.549. The number of nitrogens with two attached hydrogens (primary N) is 1. The summed E-state index contributed by atoms with van der Waals surface area (Å²) in [6.45, 7) is 2.63. The zero-order valence-electron chi connectivity index (χ0n) is 9.98. The van der Waals surface area contributed by atoms with Crippen molar-refractivity contribution in [2.45, 2.75) is 25.6 Å². The highest BCUT2D eigenvalue weighted by atomic mass is 19.1. The molecule has 0 bridgehead atoms. The lowest BCUT2D eigenvalue weighted by Gasteiger charge is -2.20. The van der Waals surface area contributed by atoms with Crippen molar-refractivity contribution in [2.24, 2.45) is 17.6 Å². The number of fused-ring (bicyclic) bond motifs is 1. The first-order valence-electron chi connectivity index (χ1n) is 6.44. The molecular weight excluding hydrogens is 215 g/mol. The summed E-state index contributed by atoms with van der Waals surface area (Å²) in [5.41, 5.74) is 8.01. The van der Waals surface area contributed by atoms with Crippen LogP contribution in [0.2, 0.25) is 0 Å². The Morgan fingerprint density at radius 2 is 1.71 bits per heavy atom. The van der Waals surface area contributed by atoms with E-state index in [4.69, 9.17) is 5.73 Å². The molecule has 2 atom stereocenters. The summed E-state index contributed by atoms with van der Waals surface area (Å²) in [5.74, 6) is 1.14. The van der Waals surface area contributed by atoms with Crippen LogP contribution in [0.1, 0.15) is 18.4 Å². The van der Waals surface area contributed by atoms with Gasteiger partial charge in [-0.25, -0.2) is 4.39 Å². The van der Waals surface area contributed by atoms with E-state index in [0.717, 1.165) is 31.5 Å². The molecule has 3 heteroatoms. The molecule has 1 aliphatic carbocycles. The van der Waals surface area contributed by atoms with Gasteiger partial charge in [0.15, 0.2) is 0 Å². The predicted molar refractivity (Wildman–Crippen MR) is 67.7 cm³/mol. The van der Waals surface area contributed by atoms with E-state index in [-0.39, 0.29) is 0 Å². The molecule has 1 saturated carbocycles. The predicted octanol–water partition coefficient (Wildman–Crippen LogP) is 2.33. The molecule has 1 aromatic carbocycles. The molecule has 2 aliphatic rings. The number of benzene rings is 1. The third kappa shape index (κ3) is 2.04. The van der Waals surface area contributed by atoms with Gasteiger partial charge in [0.1, 0.15) is 6.17 Å². The molecule has 1 saturated heterocycles. The van der Waals surface area contributed by atoms with E-state index in [0.29, 0.717) is 18.4 Å². The van der Waals surface area contributed by atoms with Crippen molar-refractivity contribution >= 4 is 5.69 Å². The Kier molecular flexibility index (Phi) is 2.79. The maximum absolute atomic E-state index is 13.2. The van der Waals surface area contributed by atoms with Crippen LogP contribution in [-0.2, 0) is 6.54 Å². The third-order valence-corrected chi connectivity index (χ3v) is 4.23. The zero-order chi connectivity index (χ0) is 11.8. The summed E-state index contributed by atoms with van der Waals surface area (Å²) in [4.78, 5) is 2.39. The number of hydrogen-bond donors (Lipinski definition) is 1. The number of anilines is 1. The zero-order valence-corrected chi connectivity index (χ0v) is 9.98. The minimum Gasteiger partial charge on any atom is -0.371 e. The van der Waals surface area contributed by atoms with Gasteiger partial charge >= 0.3 is 0 Å². The molecule has 1 aliphatic heterocycles. The van der Waals surface area contributed by atoms with Crippen molar-refractivity contribution in [2.75, 3.05) is 18.0 Å². The van der Waals surface area contributed by atoms with Crippen molar-refractivity contribution in [1.29, 1.82) is 0 Å². The summed E-state index contributed by atoms with van der Waals surface area (Å²) >= 11 is 0. The van der Waals surface area contributed by atoms with Gasteiger partial charge < -0.3 is 10.6 Å². The van der Waals surface area contributed by atoms with Gasteiger partial charge in [0, 0.05) is 25.3 Å². The Hall–Kier alpha value is -1.09. The third-order valence-electron chi connectivity index (χ3n) is 4.23. The standard InChI is InChI=1S/C14H19FN2/c15-13-5-11-8-17(9-12(11)6-13)14-3-1-10(7-16)2-4-14/h1-4,11-13H,5-9,16H2. The van der Waals surface area contributed by atoms with E-state index in [2.05, 4.69) is 29.2 Å². The van der Waals surface area contributed by atoms with Gasteiger partial charge in [-0.15, -0.1) is 0 Å². The topological polar surface area (TPSA) is 29.3 Å². The number of rotatable bonds is 2. The van der Waals surface area contributed by atoms with E-state index in [1.54, 1.807) is 0 Å². The summed E-state index contributed by atoms with van der Waals surface area (Å²) < 4.78 is 13.2. The van der Waals surface area contributed by atoms with Crippen molar-refractivity contribution < 1.29 is 4.39 Å². The van der Waals surface area contributed by atoms with E-state index in [1.807, 2.05) is 0 Å². The van der Waals surface area contributed by atoms with E-state index in [9.17, 15) is 4.39 Å². The highest BCUT2D eigenvalue weighted by molar-refractivity contribution is 5.49. The van der Waals surface area contributed by atoms with Gasteiger partial charge in [0.05, 0.1) is 0 Å². The molecule has 0 amide bonds. The molecular formula is C14H19FN2. The molecule has 2 N–H and O–H groups in total. The Bertz CT molecular complexity index is 376. The second-order valence-corrected chi connectivity index (χ2v) is 5.36. The van der Waals surface area contributed by atoms with Crippen LogP contribution in [0.15, 0.2) is 24.3 Å². The monoisotopic (exact) mass is 234 g/mol. The fourth-order valence-electron chi connectivity index (χ4n) is 3.28. The Labute approximate surface area is 102 Å². The first-order valence-corrected chi connectivity index (χ1v) is 6.44. The van der Waals surface area contributed by atoms with Crippen molar-refractivity contribution in [3.63, 3.8) is 0 Å². The van der Waals surface area contributed by atoms with Gasteiger partial charge in [0.25, 0.3) is 0 Å². The molecule has 0 spiro atoms. The normalized spacial score (nSPS) is 31.9.